The molecule has 1 saturated heterocycles. The van der Waals surface area contributed by atoms with Crippen LogP contribution >= 0.6 is 22.9 Å². The highest BCUT2D eigenvalue weighted by atomic mass is 35.5. The Bertz CT molecular complexity index is 927. The largest absolute Gasteiger partial charge is 0.378 e. The van der Waals surface area contributed by atoms with Crippen molar-refractivity contribution in [3.05, 3.63) is 44.6 Å². The molecule has 0 radical (unpaired) electrons. The van der Waals surface area contributed by atoms with Crippen LogP contribution in [-0.4, -0.2) is 45.5 Å². The highest BCUT2D eigenvalue weighted by Gasteiger charge is 2.24. The van der Waals surface area contributed by atoms with E-state index in [2.05, 4.69) is 4.72 Å². The Morgan fingerprint density at radius 1 is 1.26 bits per heavy atom. The lowest BCUT2D eigenvalue weighted by molar-refractivity contribution is -0.134. The number of sulfonamides is 1. The molecule has 27 heavy (non-hydrogen) atoms. The molecule has 0 atom stereocenters. The number of morpholine rings is 1. The van der Waals surface area contributed by atoms with Gasteiger partial charge < -0.3 is 9.64 Å². The molecular formula is C18H21ClN2O4S2. The summed E-state index contributed by atoms with van der Waals surface area (Å²) in [7, 11) is -3.79. The molecule has 0 unspecified atom stereocenters. The van der Waals surface area contributed by atoms with Gasteiger partial charge in [0, 0.05) is 23.0 Å². The molecule has 1 amide bonds. The number of amides is 1. The number of nitrogens with one attached hydrogen (secondary N) is 1. The van der Waals surface area contributed by atoms with Gasteiger partial charge in [0.2, 0.25) is 5.91 Å². The fraction of sp³-hybridized carbons (Fsp3) is 0.389. The van der Waals surface area contributed by atoms with Gasteiger partial charge in [-0.15, -0.1) is 11.3 Å². The Morgan fingerprint density at radius 2 is 1.89 bits per heavy atom. The van der Waals surface area contributed by atoms with Crippen LogP contribution in [0.4, 0.5) is 5.69 Å². The summed E-state index contributed by atoms with van der Waals surface area (Å²) in [5, 5.41) is 2.28. The fourth-order valence-corrected chi connectivity index (χ4v) is 5.91. The number of thiophene rings is 1. The van der Waals surface area contributed by atoms with Crippen molar-refractivity contribution in [2.45, 2.75) is 25.2 Å². The molecule has 0 aliphatic carbocycles. The highest BCUT2D eigenvalue weighted by molar-refractivity contribution is 7.92. The monoisotopic (exact) mass is 428 g/mol. The van der Waals surface area contributed by atoms with Gasteiger partial charge in [-0.05, 0) is 48.6 Å². The van der Waals surface area contributed by atoms with Gasteiger partial charge >= 0.3 is 0 Å². The summed E-state index contributed by atoms with van der Waals surface area (Å²) >= 11 is 7.37. The first-order valence-corrected chi connectivity index (χ1v) is 11.2. The molecule has 1 aliphatic rings. The van der Waals surface area contributed by atoms with Crippen LogP contribution in [0, 0.1) is 13.8 Å². The SMILES string of the molecule is Cc1cc(Cl)cc(C)c1S(=O)(=O)Nc1ccsc1CC(=O)N1CCOCC1. The molecule has 1 aromatic heterocycles. The molecule has 146 valence electrons. The van der Waals surface area contributed by atoms with E-state index in [4.69, 9.17) is 16.3 Å². The Labute approximate surface area is 168 Å². The van der Waals surface area contributed by atoms with Gasteiger partial charge in [-0.2, -0.15) is 0 Å². The van der Waals surface area contributed by atoms with E-state index in [1.54, 1.807) is 42.3 Å². The zero-order valence-corrected chi connectivity index (χ0v) is 17.5. The van der Waals surface area contributed by atoms with Crippen LogP contribution in [-0.2, 0) is 26.0 Å². The number of benzene rings is 1. The van der Waals surface area contributed by atoms with E-state index < -0.39 is 10.0 Å². The number of hydrogen-bond donors (Lipinski definition) is 1. The van der Waals surface area contributed by atoms with Crippen molar-refractivity contribution in [2.75, 3.05) is 31.0 Å². The minimum absolute atomic E-state index is 0.0277. The van der Waals surface area contributed by atoms with Crippen molar-refractivity contribution in [1.29, 1.82) is 0 Å². The third-order valence-corrected chi connectivity index (χ3v) is 7.17. The van der Waals surface area contributed by atoms with Gasteiger partial charge in [-0.1, -0.05) is 11.6 Å². The Hall–Kier alpha value is -1.61. The first-order chi connectivity index (χ1) is 12.8. The summed E-state index contributed by atoms with van der Waals surface area (Å²) in [5.41, 5.74) is 1.60. The number of carbonyl (C=O) groups is 1. The van der Waals surface area contributed by atoms with E-state index >= 15 is 0 Å². The van der Waals surface area contributed by atoms with Crippen molar-refractivity contribution in [1.82, 2.24) is 4.90 Å². The van der Waals surface area contributed by atoms with Crippen molar-refractivity contribution >= 4 is 44.6 Å². The number of rotatable bonds is 5. The van der Waals surface area contributed by atoms with Gasteiger partial charge in [-0.3, -0.25) is 9.52 Å². The summed E-state index contributed by atoms with van der Waals surface area (Å²) in [4.78, 5) is 15.1. The molecular weight excluding hydrogens is 408 g/mol. The predicted octanol–water partition coefficient (Wildman–Crippen LogP) is 3.22. The molecule has 9 heteroatoms. The quantitative estimate of drug-likeness (QED) is 0.793. The molecule has 0 saturated carbocycles. The fourth-order valence-electron chi connectivity index (χ4n) is 3.15. The van der Waals surface area contributed by atoms with Crippen molar-refractivity contribution in [2.24, 2.45) is 0 Å². The van der Waals surface area contributed by atoms with Gasteiger partial charge in [0.25, 0.3) is 10.0 Å². The average Bonchev–Trinajstić information content (AvgIpc) is 3.00. The second-order valence-electron chi connectivity index (χ2n) is 6.40. The summed E-state index contributed by atoms with van der Waals surface area (Å²) < 4.78 is 33.8. The average molecular weight is 429 g/mol. The van der Waals surface area contributed by atoms with Gasteiger partial charge in [0.1, 0.15) is 0 Å². The van der Waals surface area contributed by atoms with Gasteiger partial charge in [0.15, 0.2) is 0 Å². The van der Waals surface area contributed by atoms with Crippen LogP contribution in [0.1, 0.15) is 16.0 Å². The van der Waals surface area contributed by atoms with Gasteiger partial charge in [-0.25, -0.2) is 8.42 Å². The molecule has 6 nitrogen and oxygen atoms in total. The van der Waals surface area contributed by atoms with Crippen LogP contribution in [0.3, 0.4) is 0 Å². The molecule has 1 N–H and O–H groups in total. The van der Waals surface area contributed by atoms with E-state index in [-0.39, 0.29) is 17.2 Å². The second kappa shape index (κ2) is 8.18. The van der Waals surface area contributed by atoms with Crippen LogP contribution in [0.15, 0.2) is 28.5 Å². The van der Waals surface area contributed by atoms with Crippen LogP contribution < -0.4 is 4.72 Å². The van der Waals surface area contributed by atoms with Crippen LogP contribution in [0.25, 0.3) is 0 Å². The Balaban J connectivity index is 1.81. The summed E-state index contributed by atoms with van der Waals surface area (Å²) in [6.07, 6.45) is 0.161. The summed E-state index contributed by atoms with van der Waals surface area (Å²) in [6, 6.07) is 4.93. The highest BCUT2D eigenvalue weighted by Crippen LogP contribution is 2.30. The number of aryl methyl sites for hydroxylation is 2. The molecule has 0 spiro atoms. The standard InChI is InChI=1S/C18H21ClN2O4S2/c1-12-9-14(19)10-13(2)18(12)27(23,24)20-15-3-8-26-16(15)11-17(22)21-4-6-25-7-5-21/h3,8-10,20H,4-7,11H2,1-2H3. The number of nitrogens with zero attached hydrogens (tertiary/aromatic N) is 1. The Kier molecular flexibility index (Phi) is 6.10. The van der Waals surface area contributed by atoms with Crippen molar-refractivity contribution in [3.8, 4) is 0 Å². The zero-order chi connectivity index (χ0) is 19.6. The third kappa shape index (κ3) is 4.63. The predicted molar refractivity (Wildman–Crippen MR) is 107 cm³/mol. The summed E-state index contributed by atoms with van der Waals surface area (Å²) in [6.45, 7) is 5.62. The van der Waals surface area contributed by atoms with E-state index in [1.807, 2.05) is 0 Å². The van der Waals surface area contributed by atoms with E-state index in [0.717, 1.165) is 0 Å². The molecule has 2 aromatic rings. The second-order valence-corrected chi connectivity index (χ2v) is 9.46. The van der Waals surface area contributed by atoms with E-state index in [9.17, 15) is 13.2 Å². The molecule has 2 heterocycles. The van der Waals surface area contributed by atoms with Crippen molar-refractivity contribution < 1.29 is 17.9 Å². The molecule has 1 aliphatic heterocycles. The van der Waals surface area contributed by atoms with Gasteiger partial charge in [0.05, 0.1) is 30.2 Å². The lowest BCUT2D eigenvalue weighted by atomic mass is 10.2. The summed E-state index contributed by atoms with van der Waals surface area (Å²) in [5.74, 6) is -0.0277. The smallest absolute Gasteiger partial charge is 0.262 e. The minimum Gasteiger partial charge on any atom is -0.378 e. The number of hydrogen-bond acceptors (Lipinski definition) is 5. The third-order valence-electron chi connectivity index (χ3n) is 4.36. The lowest BCUT2D eigenvalue weighted by Crippen LogP contribution is -2.41. The minimum atomic E-state index is -3.79. The number of anilines is 1. The maximum atomic E-state index is 12.9. The first kappa shape index (κ1) is 20.1. The lowest BCUT2D eigenvalue weighted by Gasteiger charge is -2.26. The molecule has 1 aromatic carbocycles. The molecule has 0 bridgehead atoms. The maximum Gasteiger partial charge on any atom is 0.262 e. The first-order valence-electron chi connectivity index (χ1n) is 8.49. The number of carbonyl (C=O) groups excluding carboxylic acids is 1. The van der Waals surface area contributed by atoms with E-state index in [0.29, 0.717) is 53.0 Å². The Morgan fingerprint density at radius 3 is 2.52 bits per heavy atom. The zero-order valence-electron chi connectivity index (χ0n) is 15.1. The molecule has 3 rings (SSSR count). The topological polar surface area (TPSA) is 75.7 Å². The normalized spacial score (nSPS) is 15.0. The van der Waals surface area contributed by atoms with E-state index in [1.165, 1.54) is 11.3 Å². The van der Waals surface area contributed by atoms with Crippen LogP contribution in [0.5, 0.6) is 0 Å². The number of ether oxygens (including phenoxy) is 1. The number of halogens is 1. The maximum absolute atomic E-state index is 12.9. The van der Waals surface area contributed by atoms with Crippen molar-refractivity contribution in [3.63, 3.8) is 0 Å². The van der Waals surface area contributed by atoms with Crippen LogP contribution in [0.2, 0.25) is 5.02 Å². The molecule has 1 fully saturated rings.